The lowest BCUT2D eigenvalue weighted by Gasteiger charge is -2.03. The zero-order valence-electron chi connectivity index (χ0n) is 9.98. The second-order valence-electron chi connectivity index (χ2n) is 3.72. The fourth-order valence-corrected chi connectivity index (χ4v) is 2.96. The lowest BCUT2D eigenvalue weighted by atomic mass is 10.2. The molecule has 1 aromatic carbocycles. The molecule has 98 valence electrons. The van der Waals surface area contributed by atoms with Crippen molar-refractivity contribution < 1.29 is 4.79 Å². The van der Waals surface area contributed by atoms with Gasteiger partial charge in [0.05, 0.1) is 25.0 Å². The molecule has 1 aromatic heterocycles. The average Bonchev–Trinajstić information content (AvgIpc) is 2.83. The molecule has 1 heterocycles. The highest BCUT2D eigenvalue weighted by molar-refractivity contribution is 9.11. The van der Waals surface area contributed by atoms with Gasteiger partial charge < -0.3 is 0 Å². The van der Waals surface area contributed by atoms with Crippen LogP contribution in [0.25, 0.3) is 0 Å². The van der Waals surface area contributed by atoms with E-state index in [9.17, 15) is 4.79 Å². The summed E-state index contributed by atoms with van der Waals surface area (Å²) < 4.78 is 1.02. The van der Waals surface area contributed by atoms with Gasteiger partial charge in [-0.2, -0.15) is 5.10 Å². The molecule has 0 aliphatic rings. The van der Waals surface area contributed by atoms with Crippen molar-refractivity contribution in [2.75, 3.05) is 0 Å². The fourth-order valence-electron chi connectivity index (χ4n) is 1.40. The lowest BCUT2D eigenvalue weighted by molar-refractivity contribution is 0.0955. The number of amides is 1. The Labute approximate surface area is 128 Å². The number of hydrogen-bond acceptors (Lipinski definition) is 3. The number of nitrogens with one attached hydrogen (secondary N) is 1. The van der Waals surface area contributed by atoms with E-state index >= 15 is 0 Å². The first-order valence-electron chi connectivity index (χ1n) is 5.43. The molecular formula is C13H10BrClN2OS. The molecule has 0 atom stereocenters. The molecule has 2 aromatic rings. The Morgan fingerprint density at radius 1 is 1.32 bits per heavy atom. The fraction of sp³-hybridized carbons (Fsp3) is 0.0769. The number of halogens is 2. The second kappa shape index (κ2) is 6.32. The highest BCUT2D eigenvalue weighted by Crippen LogP contribution is 2.22. The number of hydrazone groups is 1. The topological polar surface area (TPSA) is 41.5 Å². The Balaban J connectivity index is 2.10. The van der Waals surface area contributed by atoms with E-state index in [1.807, 2.05) is 19.1 Å². The predicted octanol–water partition coefficient (Wildman–Crippen LogP) is 4.32. The summed E-state index contributed by atoms with van der Waals surface area (Å²) in [6, 6.07) is 10.7. The van der Waals surface area contributed by atoms with Crippen molar-refractivity contribution in [3.63, 3.8) is 0 Å². The minimum atomic E-state index is -0.319. The van der Waals surface area contributed by atoms with Gasteiger partial charge in [-0.1, -0.05) is 23.7 Å². The number of carbonyl (C=O) groups excluding carboxylic acids is 1. The predicted molar refractivity (Wildman–Crippen MR) is 83.1 cm³/mol. The number of carbonyl (C=O) groups is 1. The van der Waals surface area contributed by atoms with Crippen molar-refractivity contribution in [2.24, 2.45) is 5.10 Å². The molecular weight excluding hydrogens is 348 g/mol. The van der Waals surface area contributed by atoms with Gasteiger partial charge in [-0.05, 0) is 47.1 Å². The smallest absolute Gasteiger partial charge is 0.267 e. The van der Waals surface area contributed by atoms with E-state index in [2.05, 4.69) is 26.5 Å². The first kappa shape index (κ1) is 14.2. The van der Waals surface area contributed by atoms with Gasteiger partial charge in [0, 0.05) is 0 Å². The molecule has 0 bridgehead atoms. The monoisotopic (exact) mass is 356 g/mol. The standard InChI is InChI=1S/C13H10BrClN2OS/c1-8(11-6-7-12(14)19-11)16-17-13(18)9-4-2-3-5-10(9)15/h2-7H,1H3,(H,17,18). The van der Waals surface area contributed by atoms with E-state index in [0.717, 1.165) is 14.4 Å². The van der Waals surface area contributed by atoms with Crippen LogP contribution in [0.5, 0.6) is 0 Å². The Hall–Kier alpha value is -1.17. The van der Waals surface area contributed by atoms with E-state index in [1.165, 1.54) is 0 Å². The zero-order chi connectivity index (χ0) is 13.8. The van der Waals surface area contributed by atoms with Crippen molar-refractivity contribution in [3.05, 3.63) is 55.6 Å². The molecule has 1 amide bonds. The van der Waals surface area contributed by atoms with Crippen LogP contribution >= 0.6 is 38.9 Å². The maximum Gasteiger partial charge on any atom is 0.272 e. The normalized spacial score (nSPS) is 11.4. The molecule has 0 fully saturated rings. The van der Waals surface area contributed by atoms with Crippen LogP contribution in [0.3, 0.4) is 0 Å². The van der Waals surface area contributed by atoms with Crippen LogP contribution in [-0.2, 0) is 0 Å². The number of nitrogens with zero attached hydrogens (tertiary/aromatic N) is 1. The van der Waals surface area contributed by atoms with Crippen LogP contribution in [0.4, 0.5) is 0 Å². The van der Waals surface area contributed by atoms with Gasteiger partial charge in [-0.3, -0.25) is 4.79 Å². The Kier molecular flexibility index (Phi) is 4.74. The Bertz CT molecular complexity index is 639. The number of thiophene rings is 1. The minimum absolute atomic E-state index is 0.319. The van der Waals surface area contributed by atoms with Gasteiger partial charge in [0.2, 0.25) is 0 Å². The van der Waals surface area contributed by atoms with Crippen LogP contribution in [0.2, 0.25) is 5.02 Å². The summed E-state index contributed by atoms with van der Waals surface area (Å²) in [4.78, 5) is 12.9. The van der Waals surface area contributed by atoms with Gasteiger partial charge in [-0.15, -0.1) is 11.3 Å². The minimum Gasteiger partial charge on any atom is -0.267 e. The first-order valence-corrected chi connectivity index (χ1v) is 7.41. The molecule has 0 saturated carbocycles. The van der Waals surface area contributed by atoms with Gasteiger partial charge in [0.25, 0.3) is 5.91 Å². The third-order valence-electron chi connectivity index (χ3n) is 2.37. The summed E-state index contributed by atoms with van der Waals surface area (Å²) in [5.41, 5.74) is 3.66. The summed E-state index contributed by atoms with van der Waals surface area (Å²) in [6.07, 6.45) is 0. The van der Waals surface area contributed by atoms with Crippen LogP contribution in [0.1, 0.15) is 22.2 Å². The molecule has 6 heteroatoms. The van der Waals surface area contributed by atoms with E-state index in [4.69, 9.17) is 11.6 Å². The first-order chi connectivity index (χ1) is 9.08. The van der Waals surface area contributed by atoms with Gasteiger partial charge in [0.15, 0.2) is 0 Å². The molecule has 2 rings (SSSR count). The van der Waals surface area contributed by atoms with Crippen LogP contribution in [0.15, 0.2) is 45.3 Å². The van der Waals surface area contributed by atoms with Crippen molar-refractivity contribution in [1.82, 2.24) is 5.43 Å². The molecule has 0 spiro atoms. The summed E-state index contributed by atoms with van der Waals surface area (Å²) in [7, 11) is 0. The maximum absolute atomic E-state index is 11.9. The SMILES string of the molecule is CC(=NNC(=O)c1ccccc1Cl)c1ccc(Br)s1. The van der Waals surface area contributed by atoms with E-state index in [-0.39, 0.29) is 5.91 Å². The highest BCUT2D eigenvalue weighted by atomic mass is 79.9. The van der Waals surface area contributed by atoms with Crippen molar-refractivity contribution >= 4 is 50.5 Å². The Morgan fingerprint density at radius 2 is 2.05 bits per heavy atom. The quantitative estimate of drug-likeness (QED) is 0.645. The molecule has 0 radical (unpaired) electrons. The summed E-state index contributed by atoms with van der Waals surface area (Å²) in [5.74, 6) is -0.319. The number of benzene rings is 1. The van der Waals surface area contributed by atoms with Crippen LogP contribution < -0.4 is 5.43 Å². The van der Waals surface area contributed by atoms with Crippen molar-refractivity contribution in [1.29, 1.82) is 0 Å². The Morgan fingerprint density at radius 3 is 2.68 bits per heavy atom. The maximum atomic E-state index is 11.9. The summed E-state index contributed by atoms with van der Waals surface area (Å²) >= 11 is 10.9. The van der Waals surface area contributed by atoms with Crippen LogP contribution in [-0.4, -0.2) is 11.6 Å². The largest absolute Gasteiger partial charge is 0.272 e. The highest BCUT2D eigenvalue weighted by Gasteiger charge is 2.09. The summed E-state index contributed by atoms with van der Waals surface area (Å²) in [5, 5.41) is 4.48. The second-order valence-corrected chi connectivity index (χ2v) is 6.59. The molecule has 0 saturated heterocycles. The molecule has 3 nitrogen and oxygen atoms in total. The zero-order valence-corrected chi connectivity index (χ0v) is 13.1. The van der Waals surface area contributed by atoms with Crippen molar-refractivity contribution in [3.8, 4) is 0 Å². The van der Waals surface area contributed by atoms with E-state index in [1.54, 1.807) is 35.6 Å². The third kappa shape index (κ3) is 3.65. The molecule has 1 N–H and O–H groups in total. The molecule has 0 unspecified atom stereocenters. The number of hydrogen-bond donors (Lipinski definition) is 1. The summed E-state index contributed by atoms with van der Waals surface area (Å²) in [6.45, 7) is 1.84. The van der Waals surface area contributed by atoms with Crippen molar-refractivity contribution in [2.45, 2.75) is 6.92 Å². The molecule has 19 heavy (non-hydrogen) atoms. The van der Waals surface area contributed by atoms with Gasteiger partial charge in [-0.25, -0.2) is 5.43 Å². The lowest BCUT2D eigenvalue weighted by Crippen LogP contribution is -2.19. The molecule has 0 aliphatic heterocycles. The third-order valence-corrected chi connectivity index (χ3v) is 4.44. The van der Waals surface area contributed by atoms with Gasteiger partial charge in [0.1, 0.15) is 0 Å². The van der Waals surface area contributed by atoms with Gasteiger partial charge >= 0.3 is 0 Å². The average molecular weight is 358 g/mol. The molecule has 0 aliphatic carbocycles. The van der Waals surface area contributed by atoms with E-state index in [0.29, 0.717) is 10.6 Å². The van der Waals surface area contributed by atoms with E-state index < -0.39 is 0 Å². The van der Waals surface area contributed by atoms with Crippen LogP contribution in [0, 0.1) is 0 Å². The number of rotatable bonds is 3.